The molecule has 0 amide bonds. The standard InChI is InChI=1S/C12H17N3S2/c1-12(2,3)9-6(4-13)16-11-8(9)10(15)7(5-14)17-11/h6-11H,15H2,1-3H3. The number of thioether (sulfide) groups is 2. The second-order valence-electron chi connectivity index (χ2n) is 5.79. The van der Waals surface area contributed by atoms with Crippen LogP contribution in [0.2, 0.25) is 0 Å². The number of nitriles is 2. The van der Waals surface area contributed by atoms with Crippen molar-refractivity contribution < 1.29 is 0 Å². The molecule has 2 aliphatic rings. The van der Waals surface area contributed by atoms with Crippen molar-refractivity contribution >= 4 is 23.5 Å². The van der Waals surface area contributed by atoms with Crippen LogP contribution in [0.4, 0.5) is 0 Å². The maximum Gasteiger partial charge on any atom is 0.108 e. The number of hydrogen-bond donors (Lipinski definition) is 1. The van der Waals surface area contributed by atoms with Crippen LogP contribution < -0.4 is 5.73 Å². The molecule has 5 heteroatoms. The first kappa shape index (κ1) is 13.1. The van der Waals surface area contributed by atoms with E-state index in [0.29, 0.717) is 10.5 Å². The van der Waals surface area contributed by atoms with Crippen LogP contribution in [-0.2, 0) is 0 Å². The summed E-state index contributed by atoms with van der Waals surface area (Å²) in [6.45, 7) is 6.51. The molecule has 6 atom stereocenters. The Hall–Kier alpha value is -0.360. The van der Waals surface area contributed by atoms with Gasteiger partial charge in [0.2, 0.25) is 0 Å². The van der Waals surface area contributed by atoms with Crippen LogP contribution in [0.3, 0.4) is 0 Å². The van der Waals surface area contributed by atoms with Gasteiger partial charge in [-0.2, -0.15) is 10.5 Å². The molecule has 2 aliphatic heterocycles. The molecule has 2 fully saturated rings. The number of hydrogen-bond acceptors (Lipinski definition) is 5. The van der Waals surface area contributed by atoms with E-state index in [-0.39, 0.29) is 27.9 Å². The van der Waals surface area contributed by atoms with Gasteiger partial charge in [-0.15, -0.1) is 23.5 Å². The van der Waals surface area contributed by atoms with Gasteiger partial charge in [-0.3, -0.25) is 0 Å². The summed E-state index contributed by atoms with van der Waals surface area (Å²) in [5.41, 5.74) is 6.28. The van der Waals surface area contributed by atoms with Crippen LogP contribution in [0.1, 0.15) is 20.8 Å². The Kier molecular flexibility index (Phi) is 3.38. The Morgan fingerprint density at radius 2 is 1.59 bits per heavy atom. The fourth-order valence-corrected chi connectivity index (χ4v) is 6.79. The van der Waals surface area contributed by atoms with E-state index in [1.54, 1.807) is 23.5 Å². The van der Waals surface area contributed by atoms with Gasteiger partial charge in [0.05, 0.1) is 22.0 Å². The largest absolute Gasteiger partial charge is 0.326 e. The topological polar surface area (TPSA) is 73.6 Å². The van der Waals surface area contributed by atoms with Crippen molar-refractivity contribution in [2.24, 2.45) is 23.0 Å². The first-order chi connectivity index (χ1) is 7.90. The normalized spacial score (nSPS) is 45.1. The van der Waals surface area contributed by atoms with E-state index < -0.39 is 0 Å². The van der Waals surface area contributed by atoms with Crippen molar-refractivity contribution in [3.63, 3.8) is 0 Å². The van der Waals surface area contributed by atoms with Gasteiger partial charge in [0.25, 0.3) is 0 Å². The molecule has 0 bridgehead atoms. The highest BCUT2D eigenvalue weighted by Gasteiger charge is 2.57. The molecule has 0 aromatic heterocycles. The van der Waals surface area contributed by atoms with E-state index in [2.05, 4.69) is 32.9 Å². The Labute approximate surface area is 111 Å². The SMILES string of the molecule is CC(C)(C)C1C(C#N)SC2SC(C#N)C(N)C21. The monoisotopic (exact) mass is 267 g/mol. The third-order valence-electron chi connectivity index (χ3n) is 3.67. The first-order valence-corrected chi connectivity index (χ1v) is 7.64. The van der Waals surface area contributed by atoms with E-state index in [9.17, 15) is 5.26 Å². The Morgan fingerprint density at radius 1 is 1.06 bits per heavy atom. The second-order valence-corrected chi connectivity index (χ2v) is 8.66. The summed E-state index contributed by atoms with van der Waals surface area (Å²) in [5.74, 6) is 0.572. The Balaban J connectivity index is 2.31. The highest BCUT2D eigenvalue weighted by atomic mass is 32.2. The van der Waals surface area contributed by atoms with Gasteiger partial charge in [-0.25, -0.2) is 0 Å². The molecule has 0 saturated carbocycles. The molecule has 0 aromatic carbocycles. The molecule has 3 nitrogen and oxygen atoms in total. The predicted octanol–water partition coefficient (Wildman–Crippen LogP) is 2.20. The molecule has 2 N–H and O–H groups in total. The molecule has 0 spiro atoms. The lowest BCUT2D eigenvalue weighted by atomic mass is 9.69. The summed E-state index contributed by atoms with van der Waals surface area (Å²) in [6.07, 6.45) is 0. The van der Waals surface area contributed by atoms with Crippen molar-refractivity contribution in [1.29, 1.82) is 10.5 Å². The zero-order chi connectivity index (χ0) is 12.8. The Bertz CT molecular complexity index is 390. The fourth-order valence-electron chi connectivity index (χ4n) is 2.93. The van der Waals surface area contributed by atoms with Crippen molar-refractivity contribution in [3.05, 3.63) is 0 Å². The third-order valence-corrected chi connectivity index (χ3v) is 6.90. The summed E-state index contributed by atoms with van der Waals surface area (Å²) in [4.78, 5) is 0. The number of nitrogens with zero attached hydrogens (tertiary/aromatic N) is 2. The van der Waals surface area contributed by atoms with Gasteiger partial charge in [0.15, 0.2) is 0 Å². The highest BCUT2D eigenvalue weighted by molar-refractivity contribution is 8.18. The van der Waals surface area contributed by atoms with Crippen molar-refractivity contribution in [2.45, 2.75) is 41.9 Å². The zero-order valence-electron chi connectivity index (χ0n) is 10.3. The summed E-state index contributed by atoms with van der Waals surface area (Å²) < 4.78 is 0.323. The average molecular weight is 267 g/mol. The first-order valence-electron chi connectivity index (χ1n) is 5.76. The minimum absolute atomic E-state index is 0.0168. The van der Waals surface area contributed by atoms with Crippen LogP contribution in [0.25, 0.3) is 0 Å². The van der Waals surface area contributed by atoms with Crippen LogP contribution in [0.15, 0.2) is 0 Å². The summed E-state index contributed by atoms with van der Waals surface area (Å²) >= 11 is 3.36. The van der Waals surface area contributed by atoms with Crippen LogP contribution in [-0.4, -0.2) is 21.1 Å². The molecule has 2 saturated heterocycles. The van der Waals surface area contributed by atoms with Gasteiger partial charge in [0.1, 0.15) is 5.25 Å². The zero-order valence-corrected chi connectivity index (χ0v) is 11.9. The van der Waals surface area contributed by atoms with Crippen LogP contribution in [0.5, 0.6) is 0 Å². The lowest BCUT2D eigenvalue weighted by Gasteiger charge is -2.35. The minimum atomic E-state index is -0.109. The smallest absolute Gasteiger partial charge is 0.108 e. The molecule has 0 aliphatic carbocycles. The van der Waals surface area contributed by atoms with E-state index in [4.69, 9.17) is 11.0 Å². The van der Waals surface area contributed by atoms with Gasteiger partial charge in [-0.1, -0.05) is 20.8 Å². The second kappa shape index (κ2) is 4.39. The van der Waals surface area contributed by atoms with E-state index in [0.717, 1.165) is 0 Å². The summed E-state index contributed by atoms with van der Waals surface area (Å²) in [5, 5.41) is 18.3. The molecule has 2 rings (SSSR count). The predicted molar refractivity (Wildman–Crippen MR) is 72.2 cm³/mol. The summed E-state index contributed by atoms with van der Waals surface area (Å²) in [7, 11) is 0. The van der Waals surface area contributed by atoms with Gasteiger partial charge < -0.3 is 5.73 Å². The fraction of sp³-hybridized carbons (Fsp3) is 0.833. The third kappa shape index (κ3) is 2.05. The average Bonchev–Trinajstić information content (AvgIpc) is 2.74. The summed E-state index contributed by atoms with van der Waals surface area (Å²) in [6, 6.07) is 4.61. The van der Waals surface area contributed by atoms with Crippen molar-refractivity contribution in [2.75, 3.05) is 0 Å². The van der Waals surface area contributed by atoms with Crippen LogP contribution in [0, 0.1) is 39.9 Å². The molecule has 17 heavy (non-hydrogen) atoms. The van der Waals surface area contributed by atoms with Crippen molar-refractivity contribution in [3.8, 4) is 12.1 Å². The molecular formula is C12H17N3S2. The highest BCUT2D eigenvalue weighted by Crippen LogP contribution is 2.60. The minimum Gasteiger partial charge on any atom is -0.326 e. The molecule has 0 aromatic rings. The lowest BCUT2D eigenvalue weighted by molar-refractivity contribution is 0.173. The molecule has 6 unspecified atom stereocenters. The van der Waals surface area contributed by atoms with E-state index in [1.807, 2.05) is 0 Å². The van der Waals surface area contributed by atoms with Gasteiger partial charge in [0, 0.05) is 12.0 Å². The van der Waals surface area contributed by atoms with E-state index >= 15 is 0 Å². The van der Waals surface area contributed by atoms with Crippen LogP contribution >= 0.6 is 23.5 Å². The number of fused-ring (bicyclic) bond motifs is 1. The quantitative estimate of drug-likeness (QED) is 0.728. The van der Waals surface area contributed by atoms with Gasteiger partial charge >= 0.3 is 0 Å². The molecular weight excluding hydrogens is 250 g/mol. The molecule has 92 valence electrons. The van der Waals surface area contributed by atoms with Gasteiger partial charge in [-0.05, 0) is 11.3 Å². The maximum atomic E-state index is 9.28. The maximum absolute atomic E-state index is 9.28. The lowest BCUT2D eigenvalue weighted by Crippen LogP contribution is -2.43. The number of nitrogens with two attached hydrogens (primary N) is 1. The van der Waals surface area contributed by atoms with Crippen molar-refractivity contribution in [1.82, 2.24) is 0 Å². The Morgan fingerprint density at radius 3 is 2.06 bits per heavy atom. The van der Waals surface area contributed by atoms with E-state index in [1.165, 1.54) is 0 Å². The molecule has 2 heterocycles. The molecule has 0 radical (unpaired) electrons. The number of rotatable bonds is 0.